The van der Waals surface area contributed by atoms with E-state index in [1.165, 1.54) is 20.8 Å². The van der Waals surface area contributed by atoms with Crippen LogP contribution in [0.25, 0.3) is 0 Å². The molecule has 0 spiro atoms. The topological polar surface area (TPSA) is 63.6 Å². The van der Waals surface area contributed by atoms with Crippen LogP contribution in [0.1, 0.15) is 0 Å². The zero-order chi connectivity index (χ0) is 5.41. The van der Waals surface area contributed by atoms with Crippen LogP contribution in [0.15, 0.2) is 0 Å². The van der Waals surface area contributed by atoms with Gasteiger partial charge in [0.15, 0.2) is 0 Å². The molecule has 0 rings (SSSR count). The van der Waals surface area contributed by atoms with Crippen molar-refractivity contribution in [2.75, 3.05) is 0 Å². The zero-order valence-electron chi connectivity index (χ0n) is 2.67. The summed E-state index contributed by atoms with van der Waals surface area (Å²) >= 11 is -0.819. The summed E-state index contributed by atoms with van der Waals surface area (Å²) in [5.41, 5.74) is 0. The second-order valence-electron chi connectivity index (χ2n) is 0.175. The van der Waals surface area contributed by atoms with E-state index in [2.05, 4.69) is 3.47 Å². The molecule has 0 saturated heterocycles. The van der Waals surface area contributed by atoms with E-state index in [1.54, 1.807) is 0 Å². The van der Waals surface area contributed by atoms with Crippen molar-refractivity contribution in [3.63, 3.8) is 0 Å². The summed E-state index contributed by atoms with van der Waals surface area (Å²) in [5.74, 6) is 0. The van der Waals surface area contributed by atoms with Crippen LogP contribution in [0.3, 0.4) is 0 Å². The van der Waals surface area contributed by atoms with E-state index in [9.17, 15) is 0 Å². The van der Waals surface area contributed by atoms with Gasteiger partial charge in [-0.05, 0) is 0 Å². The Morgan fingerprint density at radius 1 is 1.67 bits per heavy atom. The van der Waals surface area contributed by atoms with Crippen molar-refractivity contribution < 1.29 is 55.3 Å². The molecule has 33 valence electrons. The van der Waals surface area contributed by atoms with E-state index < -0.39 is 19.1 Å². The van der Waals surface area contributed by atoms with Gasteiger partial charge in [-0.2, -0.15) is 0 Å². The van der Waals surface area contributed by atoms with Crippen molar-refractivity contribution >= 4 is 0 Å². The van der Waals surface area contributed by atoms with Gasteiger partial charge in [0.05, 0.1) is 0 Å². The molecular weight excluding hydrogens is 160 g/mol. The minimum absolute atomic E-state index is 1.18. The molecule has 0 amide bonds. The Balaban J connectivity index is 0. The van der Waals surface area contributed by atoms with Gasteiger partial charge in [0, 0.05) is 0 Å². The van der Waals surface area contributed by atoms with Crippen LogP contribution in [0, 0.1) is 0 Å². The molecule has 0 aromatic heterocycles. The van der Waals surface area contributed by atoms with Crippen LogP contribution in [-0.4, -0.2) is 5.26 Å². The van der Waals surface area contributed by atoms with Crippen molar-refractivity contribution in [3.05, 3.63) is 0 Å². The van der Waals surface area contributed by atoms with Crippen LogP contribution < -0.4 is 0 Å². The molecule has 0 aromatic rings. The Kier molecular flexibility index (Phi) is 28.0. The van der Waals surface area contributed by atoms with Crippen LogP contribution in [0.2, 0.25) is 0 Å². The molecule has 0 aliphatic rings. The fraction of sp³-hybridized carbons (Fsp3) is 0. The van der Waals surface area contributed by atoms with Crippen LogP contribution in [-0.2, 0) is 50.0 Å². The molecule has 6 heteroatoms. The van der Waals surface area contributed by atoms with Gasteiger partial charge in [0.25, 0.3) is 0 Å². The standard InChI is InChI=1S/H2O2.2O.2Ti/c1-2;;;;/h1-2H;;;;/q;;;;+1/p-1. The monoisotopic (exact) mass is 161 g/mol. The summed E-state index contributed by atoms with van der Waals surface area (Å²) in [6.07, 6.45) is 0. The predicted molar refractivity (Wildman–Crippen MR) is 5.09 cm³/mol. The zero-order valence-corrected chi connectivity index (χ0v) is 5.80. The van der Waals surface area contributed by atoms with Crippen molar-refractivity contribution in [1.29, 1.82) is 0 Å². The van der Waals surface area contributed by atoms with E-state index in [1.807, 2.05) is 0 Å². The molecule has 0 atom stereocenters. The van der Waals surface area contributed by atoms with Gasteiger partial charge in [-0.25, -0.2) is 0 Å². The predicted octanol–water partition coefficient (Wildman–Crippen LogP) is -0.302. The van der Waals surface area contributed by atoms with Crippen molar-refractivity contribution in [2.45, 2.75) is 0 Å². The minimum atomic E-state index is -2.00. The first-order valence-electron chi connectivity index (χ1n) is 0.795. The molecule has 0 fully saturated rings. The Bertz CT molecular complexity index is 34.8. The summed E-state index contributed by atoms with van der Waals surface area (Å²) in [7, 11) is 0. The third-order valence-corrected chi connectivity index (χ3v) is 0. The van der Waals surface area contributed by atoms with Crippen molar-refractivity contribution in [1.82, 2.24) is 0 Å². The van der Waals surface area contributed by atoms with Gasteiger partial charge in [0.2, 0.25) is 0 Å². The third kappa shape index (κ3) is 85.7. The maximum atomic E-state index is 8.50. The van der Waals surface area contributed by atoms with Gasteiger partial charge in [0.1, 0.15) is 0 Å². The molecular formula is HO4Ti2. The summed E-state index contributed by atoms with van der Waals surface area (Å²) in [4.78, 5) is 0. The molecule has 0 heterocycles. The summed E-state index contributed by atoms with van der Waals surface area (Å²) in [5, 5.41) is 7.07. The number of rotatable bonds is 0. The van der Waals surface area contributed by atoms with Crippen LogP contribution in [0.5, 0.6) is 0 Å². The molecule has 0 aliphatic heterocycles. The molecule has 4 nitrogen and oxygen atoms in total. The second kappa shape index (κ2) is 16.8. The molecule has 1 N–H and O–H groups in total. The van der Waals surface area contributed by atoms with E-state index >= 15 is 0 Å². The summed E-state index contributed by atoms with van der Waals surface area (Å²) in [6, 6.07) is 0. The molecule has 6 heavy (non-hydrogen) atoms. The van der Waals surface area contributed by atoms with Crippen molar-refractivity contribution in [3.8, 4) is 0 Å². The summed E-state index contributed by atoms with van der Waals surface area (Å²) in [6.45, 7) is 0. The van der Waals surface area contributed by atoms with Crippen LogP contribution in [0.4, 0.5) is 0 Å². The average molecular weight is 161 g/mol. The fourth-order valence-corrected chi connectivity index (χ4v) is 0. The van der Waals surface area contributed by atoms with Gasteiger partial charge in [-0.1, -0.05) is 0 Å². The van der Waals surface area contributed by atoms with E-state index in [0.29, 0.717) is 0 Å². The molecule has 0 aliphatic carbocycles. The van der Waals surface area contributed by atoms with Gasteiger partial charge in [-0.15, -0.1) is 0 Å². The first-order chi connectivity index (χ1) is 2.83. The Labute approximate surface area is 55.3 Å². The Hall–Kier alpha value is 0.949. The molecule has 0 saturated carbocycles. The quantitative estimate of drug-likeness (QED) is 0.300. The van der Waals surface area contributed by atoms with Crippen molar-refractivity contribution in [2.24, 2.45) is 0 Å². The molecule has 0 bridgehead atoms. The van der Waals surface area contributed by atoms with Gasteiger partial charge < -0.3 is 0 Å². The van der Waals surface area contributed by atoms with Gasteiger partial charge in [-0.3, -0.25) is 0 Å². The Morgan fingerprint density at radius 3 is 1.67 bits per heavy atom. The SMILES string of the molecule is O[O][Ti].[O]=[Ti]=[O]. The van der Waals surface area contributed by atoms with E-state index in [4.69, 9.17) is 11.9 Å². The van der Waals surface area contributed by atoms with E-state index in [0.717, 1.165) is 0 Å². The number of hydrogen-bond acceptors (Lipinski definition) is 4. The first-order valence-corrected chi connectivity index (χ1v) is 2.71. The molecule has 0 radical (unpaired) electrons. The molecule has 0 aromatic carbocycles. The van der Waals surface area contributed by atoms with Gasteiger partial charge >= 0.3 is 55.3 Å². The molecule has 0 unspecified atom stereocenters. The first kappa shape index (κ1) is 10.0. The Morgan fingerprint density at radius 2 is 1.67 bits per heavy atom. The average Bonchev–Trinajstić information content (AvgIpc) is 1.39. The fourth-order valence-electron chi connectivity index (χ4n) is 0. The maximum absolute atomic E-state index is 8.50. The van der Waals surface area contributed by atoms with Crippen LogP contribution >= 0.6 is 0 Å². The normalized spacial score (nSPS) is 4.00. The summed E-state index contributed by atoms with van der Waals surface area (Å²) < 4.78 is 20.2. The number of hydrogen-bond donors (Lipinski definition) is 1. The third-order valence-electron chi connectivity index (χ3n) is 0. The van der Waals surface area contributed by atoms with E-state index in [-0.39, 0.29) is 0 Å². The second-order valence-corrected chi connectivity index (χ2v) is 0.720.